The zero-order valence-corrected chi connectivity index (χ0v) is 11.9. The van der Waals surface area contributed by atoms with Crippen LogP contribution in [-0.4, -0.2) is 18.6 Å². The molecule has 1 unspecified atom stereocenters. The first kappa shape index (κ1) is 12.6. The van der Waals surface area contributed by atoms with Crippen molar-refractivity contribution >= 4 is 11.3 Å². The minimum atomic E-state index is 0.636. The number of ether oxygens (including phenoxy) is 1. The number of nitrogens with two attached hydrogens (primary N) is 1. The van der Waals surface area contributed by atoms with E-state index >= 15 is 0 Å². The Hall–Kier alpha value is -1.39. The van der Waals surface area contributed by atoms with Crippen molar-refractivity contribution in [1.82, 2.24) is 4.98 Å². The number of hydrogen-bond donors (Lipinski definition) is 1. The average Bonchev–Trinajstić information content (AvgIpc) is 2.90. The minimum absolute atomic E-state index is 0.636. The third kappa shape index (κ3) is 2.51. The lowest BCUT2D eigenvalue weighted by Gasteiger charge is -2.18. The van der Waals surface area contributed by atoms with Gasteiger partial charge in [0.1, 0.15) is 10.8 Å². The number of rotatable bonds is 3. The number of benzene rings is 1. The third-order valence-corrected chi connectivity index (χ3v) is 4.88. The number of fused-ring (bicyclic) bond motifs is 1. The molecular formula is C15H18N2OS. The lowest BCUT2D eigenvalue weighted by Crippen LogP contribution is -2.21. The second-order valence-corrected chi connectivity index (χ2v) is 6.05. The van der Waals surface area contributed by atoms with E-state index in [1.807, 2.05) is 23.5 Å². The maximum absolute atomic E-state index is 5.78. The van der Waals surface area contributed by atoms with Crippen molar-refractivity contribution in [1.29, 1.82) is 0 Å². The monoisotopic (exact) mass is 274 g/mol. The van der Waals surface area contributed by atoms with Gasteiger partial charge in [0.15, 0.2) is 0 Å². The number of methoxy groups -OCH3 is 1. The summed E-state index contributed by atoms with van der Waals surface area (Å²) in [5.74, 6) is 1.52. The number of thiazole rings is 1. The zero-order chi connectivity index (χ0) is 13.2. The van der Waals surface area contributed by atoms with Gasteiger partial charge in [0.25, 0.3) is 0 Å². The van der Waals surface area contributed by atoms with Crippen LogP contribution in [0.2, 0.25) is 0 Å². The van der Waals surface area contributed by atoms with E-state index in [1.54, 1.807) is 7.11 Å². The fourth-order valence-corrected chi connectivity index (χ4v) is 3.73. The topological polar surface area (TPSA) is 48.1 Å². The van der Waals surface area contributed by atoms with Gasteiger partial charge in [-0.05, 0) is 56.0 Å². The maximum Gasteiger partial charge on any atom is 0.123 e. The Morgan fingerprint density at radius 3 is 2.84 bits per heavy atom. The van der Waals surface area contributed by atoms with Crippen LogP contribution in [0.5, 0.6) is 5.75 Å². The van der Waals surface area contributed by atoms with E-state index in [-0.39, 0.29) is 0 Å². The van der Waals surface area contributed by atoms with Gasteiger partial charge >= 0.3 is 0 Å². The molecule has 0 bridgehead atoms. The molecule has 1 heterocycles. The van der Waals surface area contributed by atoms with Crippen LogP contribution in [0.4, 0.5) is 0 Å². The van der Waals surface area contributed by atoms with Crippen molar-refractivity contribution in [2.45, 2.75) is 19.3 Å². The van der Waals surface area contributed by atoms with Crippen LogP contribution in [0.25, 0.3) is 10.6 Å². The molecule has 1 aromatic heterocycles. The summed E-state index contributed by atoms with van der Waals surface area (Å²) in [7, 11) is 1.68. The van der Waals surface area contributed by atoms with Crippen LogP contribution < -0.4 is 10.5 Å². The molecule has 4 heteroatoms. The largest absolute Gasteiger partial charge is 0.497 e. The molecule has 1 aliphatic rings. The summed E-state index contributed by atoms with van der Waals surface area (Å²) in [5, 5.41) is 1.12. The van der Waals surface area contributed by atoms with Gasteiger partial charge in [0.2, 0.25) is 0 Å². The number of aryl methyl sites for hydroxylation is 1. The highest BCUT2D eigenvalue weighted by atomic mass is 32.1. The van der Waals surface area contributed by atoms with Crippen molar-refractivity contribution in [3.63, 3.8) is 0 Å². The molecule has 1 aliphatic carbocycles. The molecule has 100 valence electrons. The second kappa shape index (κ2) is 5.31. The van der Waals surface area contributed by atoms with Gasteiger partial charge < -0.3 is 10.5 Å². The van der Waals surface area contributed by atoms with E-state index in [1.165, 1.54) is 22.6 Å². The molecule has 3 nitrogen and oxygen atoms in total. The predicted octanol–water partition coefficient (Wildman–Crippen LogP) is 2.88. The Labute approximate surface area is 117 Å². The fraction of sp³-hybridized carbons (Fsp3) is 0.400. The highest BCUT2D eigenvalue weighted by molar-refractivity contribution is 7.15. The smallest absolute Gasteiger partial charge is 0.123 e. The first-order chi connectivity index (χ1) is 9.30. The van der Waals surface area contributed by atoms with Crippen LogP contribution in [-0.2, 0) is 12.8 Å². The van der Waals surface area contributed by atoms with Crippen molar-refractivity contribution < 1.29 is 4.74 Å². The van der Waals surface area contributed by atoms with Crippen molar-refractivity contribution in [3.05, 3.63) is 34.8 Å². The van der Waals surface area contributed by atoms with E-state index in [4.69, 9.17) is 15.5 Å². The molecule has 0 aliphatic heterocycles. The van der Waals surface area contributed by atoms with Crippen LogP contribution in [0.3, 0.4) is 0 Å². The molecule has 0 saturated carbocycles. The molecule has 0 fully saturated rings. The van der Waals surface area contributed by atoms with E-state index in [0.717, 1.165) is 30.1 Å². The lowest BCUT2D eigenvalue weighted by molar-refractivity contribution is 0.415. The number of hydrogen-bond acceptors (Lipinski definition) is 4. The molecular weight excluding hydrogens is 256 g/mol. The van der Waals surface area contributed by atoms with Gasteiger partial charge in [0, 0.05) is 10.4 Å². The lowest BCUT2D eigenvalue weighted by atomic mass is 9.91. The normalized spacial score (nSPS) is 18.1. The fourth-order valence-electron chi connectivity index (χ4n) is 2.50. The molecule has 19 heavy (non-hydrogen) atoms. The van der Waals surface area contributed by atoms with Gasteiger partial charge in [-0.3, -0.25) is 0 Å². The van der Waals surface area contributed by atoms with Crippen molar-refractivity contribution in [3.8, 4) is 16.3 Å². The Kier molecular flexibility index (Phi) is 3.53. The molecule has 3 rings (SSSR count). The summed E-state index contributed by atoms with van der Waals surface area (Å²) in [4.78, 5) is 6.21. The maximum atomic E-state index is 5.78. The Morgan fingerprint density at radius 2 is 2.16 bits per heavy atom. The van der Waals surface area contributed by atoms with Crippen molar-refractivity contribution in [2.24, 2.45) is 11.7 Å². The molecule has 0 amide bonds. The SMILES string of the molecule is COc1ccc(-c2nc3c(s2)CC(CN)CC3)cc1. The molecule has 2 aromatic rings. The Balaban J connectivity index is 1.88. The first-order valence-corrected chi connectivity index (χ1v) is 7.45. The number of nitrogens with zero attached hydrogens (tertiary/aromatic N) is 1. The molecule has 1 atom stereocenters. The Bertz CT molecular complexity index is 562. The molecule has 0 saturated heterocycles. The van der Waals surface area contributed by atoms with Crippen molar-refractivity contribution in [2.75, 3.05) is 13.7 Å². The predicted molar refractivity (Wildman–Crippen MR) is 78.7 cm³/mol. The summed E-state index contributed by atoms with van der Waals surface area (Å²) in [6.45, 7) is 0.787. The molecule has 0 spiro atoms. The van der Waals surface area contributed by atoms with E-state index < -0.39 is 0 Å². The van der Waals surface area contributed by atoms with E-state index in [2.05, 4.69) is 12.1 Å². The zero-order valence-electron chi connectivity index (χ0n) is 11.1. The van der Waals surface area contributed by atoms with Crippen LogP contribution >= 0.6 is 11.3 Å². The standard InChI is InChI=1S/C15H18N2OS/c1-18-12-5-3-11(4-6-12)15-17-13-7-2-10(9-16)8-14(13)19-15/h3-6,10H,2,7-9,16H2,1H3. The van der Waals surface area contributed by atoms with E-state index in [9.17, 15) is 0 Å². The summed E-state index contributed by atoms with van der Waals surface area (Å²) < 4.78 is 5.18. The summed E-state index contributed by atoms with van der Waals surface area (Å²) in [5.41, 5.74) is 8.23. The Morgan fingerprint density at radius 1 is 1.37 bits per heavy atom. The summed E-state index contributed by atoms with van der Waals surface area (Å²) in [6.07, 6.45) is 3.35. The highest BCUT2D eigenvalue weighted by Gasteiger charge is 2.21. The second-order valence-electron chi connectivity index (χ2n) is 4.96. The molecule has 2 N–H and O–H groups in total. The van der Waals surface area contributed by atoms with Gasteiger partial charge in [-0.1, -0.05) is 0 Å². The quantitative estimate of drug-likeness (QED) is 0.936. The summed E-state index contributed by atoms with van der Waals surface area (Å²) in [6, 6.07) is 8.11. The molecule has 0 radical (unpaired) electrons. The van der Waals surface area contributed by atoms with Gasteiger partial charge in [-0.2, -0.15) is 0 Å². The minimum Gasteiger partial charge on any atom is -0.497 e. The van der Waals surface area contributed by atoms with Gasteiger partial charge in [-0.15, -0.1) is 11.3 Å². The van der Waals surface area contributed by atoms with Crippen LogP contribution in [0.15, 0.2) is 24.3 Å². The summed E-state index contributed by atoms with van der Waals surface area (Å²) >= 11 is 1.81. The van der Waals surface area contributed by atoms with Crippen LogP contribution in [0.1, 0.15) is 17.0 Å². The van der Waals surface area contributed by atoms with Gasteiger partial charge in [-0.25, -0.2) is 4.98 Å². The van der Waals surface area contributed by atoms with Gasteiger partial charge in [0.05, 0.1) is 12.8 Å². The third-order valence-electron chi connectivity index (χ3n) is 3.71. The first-order valence-electron chi connectivity index (χ1n) is 6.63. The average molecular weight is 274 g/mol. The van der Waals surface area contributed by atoms with E-state index in [0.29, 0.717) is 5.92 Å². The number of aromatic nitrogens is 1. The highest BCUT2D eigenvalue weighted by Crippen LogP contribution is 2.34. The van der Waals surface area contributed by atoms with Crippen LogP contribution in [0, 0.1) is 5.92 Å². The molecule has 1 aromatic carbocycles.